The zero-order valence-corrected chi connectivity index (χ0v) is 17.5. The molecular weight excluding hydrogens is 422 g/mol. The van der Waals surface area contributed by atoms with Crippen molar-refractivity contribution >= 4 is 26.0 Å². The van der Waals surface area contributed by atoms with Crippen molar-refractivity contribution in [3.63, 3.8) is 0 Å². The highest BCUT2D eigenvalue weighted by molar-refractivity contribution is 9.10. The monoisotopic (exact) mass is 443 g/mol. The molecule has 26 heavy (non-hydrogen) atoms. The summed E-state index contributed by atoms with van der Waals surface area (Å²) in [5, 5.41) is 0. The maximum absolute atomic E-state index is 12.7. The molecule has 0 saturated carbocycles. The molecule has 2 aromatic rings. The number of hydrogen-bond acceptors (Lipinski definition) is 5. The molecule has 0 atom stereocenters. The molecule has 2 aromatic carbocycles. The van der Waals surface area contributed by atoms with Crippen LogP contribution in [0.15, 0.2) is 39.7 Å². The minimum atomic E-state index is -3.66. The van der Waals surface area contributed by atoms with Gasteiger partial charge in [-0.3, -0.25) is 0 Å². The van der Waals surface area contributed by atoms with Gasteiger partial charge in [0.2, 0.25) is 15.8 Å². The summed E-state index contributed by atoms with van der Waals surface area (Å²) in [5.74, 6) is 1.40. The van der Waals surface area contributed by atoms with Crippen molar-refractivity contribution in [1.82, 2.24) is 4.72 Å². The molecule has 2 rings (SSSR count). The standard InChI is InChI=1S/C18H22BrNO5S/c1-5-13-10-14(19)6-7-17(13)26(21,22)20-11-12-8-15(23-2)18(25-4)16(9-12)24-3/h6-10,20H,5,11H2,1-4H3. The summed E-state index contributed by atoms with van der Waals surface area (Å²) in [4.78, 5) is 0.274. The minimum Gasteiger partial charge on any atom is -0.493 e. The molecule has 1 N–H and O–H groups in total. The van der Waals surface area contributed by atoms with Gasteiger partial charge in [-0.1, -0.05) is 22.9 Å². The van der Waals surface area contributed by atoms with E-state index in [0.717, 1.165) is 10.0 Å². The molecular formula is C18H22BrNO5S. The Hall–Kier alpha value is -1.77. The van der Waals surface area contributed by atoms with E-state index >= 15 is 0 Å². The van der Waals surface area contributed by atoms with Crippen molar-refractivity contribution in [3.8, 4) is 17.2 Å². The minimum absolute atomic E-state index is 0.0955. The number of ether oxygens (including phenoxy) is 3. The van der Waals surface area contributed by atoms with Crippen molar-refractivity contribution in [1.29, 1.82) is 0 Å². The number of sulfonamides is 1. The largest absolute Gasteiger partial charge is 0.493 e. The average Bonchev–Trinajstić information content (AvgIpc) is 2.64. The van der Waals surface area contributed by atoms with Gasteiger partial charge in [0.05, 0.1) is 26.2 Å². The molecule has 0 aromatic heterocycles. The average molecular weight is 444 g/mol. The van der Waals surface area contributed by atoms with Gasteiger partial charge in [-0.25, -0.2) is 13.1 Å². The van der Waals surface area contributed by atoms with Crippen LogP contribution in [-0.4, -0.2) is 29.7 Å². The van der Waals surface area contributed by atoms with Gasteiger partial charge in [-0.2, -0.15) is 0 Å². The summed E-state index contributed by atoms with van der Waals surface area (Å²) in [7, 11) is 0.889. The number of methoxy groups -OCH3 is 3. The number of benzene rings is 2. The number of nitrogens with one attached hydrogen (secondary N) is 1. The van der Waals surface area contributed by atoms with Crippen LogP contribution in [0, 0.1) is 0 Å². The van der Waals surface area contributed by atoms with Crippen LogP contribution < -0.4 is 18.9 Å². The highest BCUT2D eigenvalue weighted by Gasteiger charge is 2.19. The molecule has 0 saturated heterocycles. The summed E-state index contributed by atoms with van der Waals surface area (Å²) in [6.07, 6.45) is 0.611. The summed E-state index contributed by atoms with van der Waals surface area (Å²) in [6, 6.07) is 8.56. The van der Waals surface area contributed by atoms with E-state index in [-0.39, 0.29) is 11.4 Å². The lowest BCUT2D eigenvalue weighted by Gasteiger charge is -2.15. The lowest BCUT2D eigenvalue weighted by atomic mass is 10.2. The van der Waals surface area contributed by atoms with E-state index < -0.39 is 10.0 Å². The van der Waals surface area contributed by atoms with Crippen LogP contribution in [0.1, 0.15) is 18.1 Å². The van der Waals surface area contributed by atoms with Crippen LogP contribution in [-0.2, 0) is 23.0 Å². The van der Waals surface area contributed by atoms with E-state index in [0.29, 0.717) is 29.2 Å². The zero-order chi connectivity index (χ0) is 19.3. The lowest BCUT2D eigenvalue weighted by Crippen LogP contribution is -2.24. The summed E-state index contributed by atoms with van der Waals surface area (Å²) in [6.45, 7) is 2.01. The Balaban J connectivity index is 2.30. The Kier molecular flexibility index (Phi) is 6.91. The third kappa shape index (κ3) is 4.49. The molecule has 0 heterocycles. The molecule has 0 unspecified atom stereocenters. The maximum atomic E-state index is 12.7. The molecule has 0 aliphatic rings. The van der Waals surface area contributed by atoms with E-state index in [1.54, 1.807) is 24.3 Å². The molecule has 6 nitrogen and oxygen atoms in total. The predicted molar refractivity (Wildman–Crippen MR) is 104 cm³/mol. The van der Waals surface area contributed by atoms with Gasteiger partial charge >= 0.3 is 0 Å². The van der Waals surface area contributed by atoms with Crippen LogP contribution in [0.25, 0.3) is 0 Å². The second kappa shape index (κ2) is 8.75. The second-order valence-corrected chi connectivity index (χ2v) is 8.11. The van der Waals surface area contributed by atoms with Gasteiger partial charge in [0.15, 0.2) is 11.5 Å². The van der Waals surface area contributed by atoms with Gasteiger partial charge in [0, 0.05) is 11.0 Å². The third-order valence-corrected chi connectivity index (χ3v) is 5.88. The molecule has 0 amide bonds. The van der Waals surface area contributed by atoms with E-state index in [2.05, 4.69) is 20.7 Å². The molecule has 0 bridgehead atoms. The van der Waals surface area contributed by atoms with Crippen LogP contribution in [0.4, 0.5) is 0 Å². The van der Waals surface area contributed by atoms with Crippen molar-refractivity contribution in [3.05, 3.63) is 45.9 Å². The number of aryl methyl sites for hydroxylation is 1. The smallest absolute Gasteiger partial charge is 0.241 e. The van der Waals surface area contributed by atoms with Gasteiger partial charge < -0.3 is 14.2 Å². The third-order valence-electron chi connectivity index (χ3n) is 3.88. The molecule has 142 valence electrons. The quantitative estimate of drug-likeness (QED) is 0.675. The van der Waals surface area contributed by atoms with Gasteiger partial charge in [-0.05, 0) is 47.9 Å². The highest BCUT2D eigenvalue weighted by Crippen LogP contribution is 2.38. The van der Waals surface area contributed by atoms with Gasteiger partial charge in [-0.15, -0.1) is 0 Å². The molecule has 0 spiro atoms. The van der Waals surface area contributed by atoms with Crippen molar-refractivity contribution < 1.29 is 22.6 Å². The first-order valence-corrected chi connectivity index (χ1v) is 10.2. The van der Waals surface area contributed by atoms with Crippen LogP contribution in [0.3, 0.4) is 0 Å². The normalized spacial score (nSPS) is 11.3. The Morgan fingerprint density at radius 3 is 2.12 bits per heavy atom. The summed E-state index contributed by atoms with van der Waals surface area (Å²) < 4.78 is 44.8. The summed E-state index contributed by atoms with van der Waals surface area (Å²) in [5.41, 5.74) is 1.44. The SMILES string of the molecule is CCc1cc(Br)ccc1S(=O)(=O)NCc1cc(OC)c(OC)c(OC)c1. The Morgan fingerprint density at radius 1 is 1.00 bits per heavy atom. The topological polar surface area (TPSA) is 73.9 Å². The number of halogens is 1. The second-order valence-electron chi connectivity index (χ2n) is 5.46. The van der Waals surface area contributed by atoms with E-state index in [1.807, 2.05) is 13.0 Å². The molecule has 0 fully saturated rings. The van der Waals surface area contributed by atoms with Gasteiger partial charge in [0.1, 0.15) is 0 Å². The van der Waals surface area contributed by atoms with E-state index in [1.165, 1.54) is 21.3 Å². The highest BCUT2D eigenvalue weighted by atomic mass is 79.9. The predicted octanol–water partition coefficient (Wildman–Crippen LogP) is 3.52. The zero-order valence-electron chi connectivity index (χ0n) is 15.1. The molecule has 0 radical (unpaired) electrons. The fourth-order valence-corrected chi connectivity index (χ4v) is 4.30. The summed E-state index contributed by atoms with van der Waals surface area (Å²) >= 11 is 3.37. The first kappa shape index (κ1) is 20.5. The van der Waals surface area contributed by atoms with Crippen LogP contribution >= 0.6 is 15.9 Å². The Morgan fingerprint density at radius 2 is 1.62 bits per heavy atom. The van der Waals surface area contributed by atoms with Crippen LogP contribution in [0.2, 0.25) is 0 Å². The van der Waals surface area contributed by atoms with Crippen molar-refractivity contribution in [2.45, 2.75) is 24.8 Å². The fraction of sp³-hybridized carbons (Fsp3) is 0.333. The van der Waals surface area contributed by atoms with E-state index in [9.17, 15) is 8.42 Å². The van der Waals surface area contributed by atoms with E-state index in [4.69, 9.17) is 14.2 Å². The maximum Gasteiger partial charge on any atom is 0.241 e. The first-order chi connectivity index (χ1) is 12.4. The number of hydrogen-bond donors (Lipinski definition) is 1. The molecule has 0 aliphatic carbocycles. The lowest BCUT2D eigenvalue weighted by molar-refractivity contribution is 0.323. The molecule has 8 heteroatoms. The Bertz CT molecular complexity index is 858. The first-order valence-electron chi connectivity index (χ1n) is 7.93. The van der Waals surface area contributed by atoms with Crippen molar-refractivity contribution in [2.75, 3.05) is 21.3 Å². The molecule has 0 aliphatic heterocycles. The number of rotatable bonds is 8. The fourth-order valence-electron chi connectivity index (χ4n) is 2.58. The van der Waals surface area contributed by atoms with Crippen LogP contribution in [0.5, 0.6) is 17.2 Å². The van der Waals surface area contributed by atoms with Crippen molar-refractivity contribution in [2.24, 2.45) is 0 Å². The Labute approximate surface area is 162 Å². The van der Waals surface area contributed by atoms with Gasteiger partial charge in [0.25, 0.3) is 0 Å².